The van der Waals surface area contributed by atoms with Gasteiger partial charge in [0.05, 0.1) is 25.5 Å². The molecule has 0 saturated carbocycles. The van der Waals surface area contributed by atoms with Crippen LogP contribution in [0.25, 0.3) is 0 Å². The van der Waals surface area contributed by atoms with E-state index in [1.807, 2.05) is 4.90 Å². The van der Waals surface area contributed by atoms with Gasteiger partial charge in [0, 0.05) is 32.7 Å². The van der Waals surface area contributed by atoms with Crippen molar-refractivity contribution in [3.63, 3.8) is 0 Å². The average Bonchev–Trinajstić information content (AvgIpc) is 2.55. The molecule has 1 aliphatic heterocycles. The van der Waals surface area contributed by atoms with E-state index in [4.69, 9.17) is 9.84 Å². The predicted molar refractivity (Wildman–Crippen MR) is 79.7 cm³/mol. The van der Waals surface area contributed by atoms with Crippen LogP contribution in [0, 0.1) is 0 Å². The van der Waals surface area contributed by atoms with E-state index in [-0.39, 0.29) is 6.61 Å². The maximum Gasteiger partial charge on any atom is 0.342 e. The second-order valence-corrected chi connectivity index (χ2v) is 5.11. The second kappa shape index (κ2) is 8.02. The number of aromatic nitrogens is 2. The average molecular weight is 310 g/mol. The molecule has 8 heteroatoms. The molecule has 1 saturated heterocycles. The zero-order chi connectivity index (χ0) is 15.9. The number of ether oxygens (including phenoxy) is 1. The lowest BCUT2D eigenvalue weighted by atomic mass is 10.2. The quantitative estimate of drug-likeness (QED) is 0.654. The van der Waals surface area contributed by atoms with Crippen molar-refractivity contribution in [2.45, 2.75) is 13.0 Å². The molecule has 0 bridgehead atoms. The van der Waals surface area contributed by atoms with Gasteiger partial charge < -0.3 is 19.8 Å². The summed E-state index contributed by atoms with van der Waals surface area (Å²) >= 11 is 0. The van der Waals surface area contributed by atoms with E-state index in [0.29, 0.717) is 37.6 Å². The molecule has 1 aromatic heterocycles. The predicted octanol–water partition coefficient (Wildman–Crippen LogP) is -0.871. The Balaban J connectivity index is 2.01. The van der Waals surface area contributed by atoms with Crippen molar-refractivity contribution in [2.75, 3.05) is 50.8 Å². The highest BCUT2D eigenvalue weighted by Gasteiger charge is 2.24. The van der Waals surface area contributed by atoms with Gasteiger partial charge in [-0.05, 0) is 13.0 Å². The normalized spacial score (nSPS) is 17.3. The van der Waals surface area contributed by atoms with Gasteiger partial charge in [-0.3, -0.25) is 4.90 Å². The van der Waals surface area contributed by atoms with Gasteiger partial charge in [-0.15, -0.1) is 5.10 Å². The molecule has 1 aliphatic rings. The fraction of sp³-hybridized carbons (Fsp3) is 0.643. The Kier molecular flexibility index (Phi) is 6.05. The minimum absolute atomic E-state index is 0.239. The summed E-state index contributed by atoms with van der Waals surface area (Å²) in [4.78, 5) is 16.0. The molecule has 1 fully saturated rings. The van der Waals surface area contributed by atoms with E-state index < -0.39 is 12.1 Å². The number of aliphatic hydroxyl groups is 2. The van der Waals surface area contributed by atoms with Crippen LogP contribution < -0.4 is 4.90 Å². The third-order valence-corrected chi connectivity index (χ3v) is 3.55. The largest absolute Gasteiger partial charge is 0.462 e. The summed E-state index contributed by atoms with van der Waals surface area (Å²) in [6.07, 6.45) is 0.752. The summed E-state index contributed by atoms with van der Waals surface area (Å²) in [5.74, 6) is 0.133. The maximum absolute atomic E-state index is 12.0. The molecule has 2 heterocycles. The molecule has 0 amide bonds. The van der Waals surface area contributed by atoms with E-state index in [0.717, 1.165) is 13.1 Å². The Morgan fingerprint density at radius 3 is 2.77 bits per heavy atom. The lowest BCUT2D eigenvalue weighted by Crippen LogP contribution is -2.49. The Bertz CT molecular complexity index is 491. The van der Waals surface area contributed by atoms with Crippen molar-refractivity contribution in [3.05, 3.63) is 17.8 Å². The highest BCUT2D eigenvalue weighted by molar-refractivity contribution is 5.94. The fourth-order valence-corrected chi connectivity index (χ4v) is 2.42. The number of β-amino-alcohol motifs (C(OH)–C–C–N with tert-alkyl or cyclic N) is 1. The molecule has 8 nitrogen and oxygen atoms in total. The van der Waals surface area contributed by atoms with Crippen molar-refractivity contribution in [3.8, 4) is 0 Å². The first-order chi connectivity index (χ1) is 10.7. The maximum atomic E-state index is 12.0. The van der Waals surface area contributed by atoms with Crippen LogP contribution >= 0.6 is 0 Å². The van der Waals surface area contributed by atoms with Crippen LogP contribution in [0.2, 0.25) is 0 Å². The first kappa shape index (κ1) is 16.6. The molecule has 0 radical (unpaired) electrons. The number of piperazine rings is 1. The van der Waals surface area contributed by atoms with E-state index in [9.17, 15) is 9.90 Å². The van der Waals surface area contributed by atoms with Crippen LogP contribution in [0.4, 0.5) is 5.82 Å². The first-order valence-electron chi connectivity index (χ1n) is 7.40. The van der Waals surface area contributed by atoms with E-state index >= 15 is 0 Å². The fourth-order valence-electron chi connectivity index (χ4n) is 2.42. The number of hydrogen-bond acceptors (Lipinski definition) is 8. The van der Waals surface area contributed by atoms with Gasteiger partial charge in [0.25, 0.3) is 0 Å². The van der Waals surface area contributed by atoms with Crippen molar-refractivity contribution in [1.29, 1.82) is 0 Å². The van der Waals surface area contributed by atoms with Crippen LogP contribution in [0.3, 0.4) is 0 Å². The van der Waals surface area contributed by atoms with E-state index in [1.165, 1.54) is 6.20 Å². The number of nitrogens with zero attached hydrogens (tertiary/aromatic N) is 4. The second-order valence-electron chi connectivity index (χ2n) is 5.11. The monoisotopic (exact) mass is 310 g/mol. The molecular formula is C14H22N4O4. The van der Waals surface area contributed by atoms with Gasteiger partial charge in [0.15, 0.2) is 5.82 Å². The number of carbonyl (C=O) groups is 1. The number of esters is 1. The number of carbonyl (C=O) groups excluding carboxylic acids is 1. The lowest BCUT2D eigenvalue weighted by Gasteiger charge is -2.36. The number of hydrogen-bond donors (Lipinski definition) is 2. The molecule has 2 N–H and O–H groups in total. The van der Waals surface area contributed by atoms with Crippen molar-refractivity contribution in [2.24, 2.45) is 0 Å². The summed E-state index contributed by atoms with van der Waals surface area (Å²) in [5.41, 5.74) is 0.417. The van der Waals surface area contributed by atoms with Crippen molar-refractivity contribution in [1.82, 2.24) is 15.1 Å². The smallest absolute Gasteiger partial charge is 0.342 e. The van der Waals surface area contributed by atoms with Crippen LogP contribution in [-0.4, -0.2) is 83.3 Å². The van der Waals surface area contributed by atoms with Crippen LogP contribution in [0.15, 0.2) is 12.3 Å². The van der Waals surface area contributed by atoms with Gasteiger partial charge >= 0.3 is 5.97 Å². The van der Waals surface area contributed by atoms with Crippen LogP contribution in [-0.2, 0) is 4.74 Å². The van der Waals surface area contributed by atoms with Gasteiger partial charge in [0.2, 0.25) is 0 Å². The molecule has 122 valence electrons. The van der Waals surface area contributed by atoms with Gasteiger partial charge in [-0.2, -0.15) is 5.10 Å². The van der Waals surface area contributed by atoms with Gasteiger partial charge in [0.1, 0.15) is 5.56 Å². The zero-order valence-electron chi connectivity index (χ0n) is 12.7. The van der Waals surface area contributed by atoms with Crippen LogP contribution in [0.5, 0.6) is 0 Å². The first-order valence-corrected chi connectivity index (χ1v) is 7.40. The Labute approximate surface area is 129 Å². The van der Waals surface area contributed by atoms with Crippen molar-refractivity contribution < 1.29 is 19.7 Å². The summed E-state index contributed by atoms with van der Waals surface area (Å²) in [6.45, 7) is 5.05. The summed E-state index contributed by atoms with van der Waals surface area (Å²) in [6, 6.07) is 1.61. The molecule has 0 spiro atoms. The minimum atomic E-state index is -0.724. The summed E-state index contributed by atoms with van der Waals surface area (Å²) in [7, 11) is 0. The lowest BCUT2D eigenvalue weighted by molar-refractivity contribution is 0.0525. The van der Waals surface area contributed by atoms with Gasteiger partial charge in [-0.25, -0.2) is 4.79 Å². The molecule has 22 heavy (non-hydrogen) atoms. The molecular weight excluding hydrogens is 288 g/mol. The Morgan fingerprint density at radius 1 is 1.41 bits per heavy atom. The summed E-state index contributed by atoms with van der Waals surface area (Å²) < 4.78 is 5.04. The number of rotatable bonds is 6. The number of aliphatic hydroxyl groups excluding tert-OH is 2. The van der Waals surface area contributed by atoms with Gasteiger partial charge in [-0.1, -0.05) is 0 Å². The highest BCUT2D eigenvalue weighted by atomic mass is 16.5. The highest BCUT2D eigenvalue weighted by Crippen LogP contribution is 2.19. The third kappa shape index (κ3) is 4.12. The molecule has 1 unspecified atom stereocenters. The van der Waals surface area contributed by atoms with E-state index in [1.54, 1.807) is 13.0 Å². The van der Waals surface area contributed by atoms with E-state index in [2.05, 4.69) is 15.1 Å². The third-order valence-electron chi connectivity index (χ3n) is 3.55. The number of anilines is 1. The Hall–Kier alpha value is -1.77. The zero-order valence-corrected chi connectivity index (χ0v) is 12.7. The molecule has 0 aromatic carbocycles. The molecule has 1 atom stereocenters. The summed E-state index contributed by atoms with van der Waals surface area (Å²) in [5, 5.41) is 26.3. The van der Waals surface area contributed by atoms with Crippen LogP contribution in [0.1, 0.15) is 17.3 Å². The molecule has 1 aromatic rings. The Morgan fingerprint density at radius 2 is 2.14 bits per heavy atom. The SMILES string of the molecule is CCOC(=O)c1ccnnc1N1CCN(CC(O)CO)CC1. The molecule has 0 aliphatic carbocycles. The molecule has 2 rings (SSSR count). The minimum Gasteiger partial charge on any atom is -0.462 e. The topological polar surface area (TPSA) is 99.0 Å². The van der Waals surface area contributed by atoms with Crippen molar-refractivity contribution >= 4 is 11.8 Å². The standard InChI is InChI=1S/C14H22N4O4/c1-2-22-14(21)12-3-4-15-16-13(12)18-7-5-17(6-8-18)9-11(20)10-19/h3-4,11,19-20H,2,5-10H2,1H3.